The number of aromatic nitrogens is 1. The summed E-state index contributed by atoms with van der Waals surface area (Å²) >= 11 is 0. The second-order valence-corrected chi connectivity index (χ2v) is 3.26. The molecule has 0 bridgehead atoms. The molecular weight excluding hydrogens is 180 g/mol. The van der Waals surface area contributed by atoms with Gasteiger partial charge in [-0.1, -0.05) is 5.16 Å². The molecule has 0 spiro atoms. The highest BCUT2D eigenvalue weighted by Crippen LogP contribution is 2.30. The van der Waals surface area contributed by atoms with Crippen molar-refractivity contribution in [1.29, 1.82) is 0 Å². The normalized spacial score (nSPS) is 12.1. The van der Waals surface area contributed by atoms with Crippen molar-refractivity contribution >= 4 is 6.29 Å². The standard InChI is InChI=1S/C8H9F2NO2/c1-8(2,7(9)10)6-3-5(4-12)11-13-6/h3-4,7H,1-2H3. The summed E-state index contributed by atoms with van der Waals surface area (Å²) in [6.07, 6.45) is -2.10. The molecular formula is C8H9F2NO2. The monoisotopic (exact) mass is 189 g/mol. The summed E-state index contributed by atoms with van der Waals surface area (Å²) in [5, 5.41) is 3.31. The highest BCUT2D eigenvalue weighted by atomic mass is 19.3. The summed E-state index contributed by atoms with van der Waals surface area (Å²) in [5.41, 5.74) is -1.38. The summed E-state index contributed by atoms with van der Waals surface area (Å²) in [7, 11) is 0. The smallest absolute Gasteiger partial charge is 0.250 e. The zero-order valence-electron chi connectivity index (χ0n) is 7.25. The Labute approximate surface area is 73.7 Å². The van der Waals surface area contributed by atoms with Gasteiger partial charge in [-0.05, 0) is 13.8 Å². The van der Waals surface area contributed by atoms with Crippen molar-refractivity contribution in [2.45, 2.75) is 25.7 Å². The molecule has 72 valence electrons. The molecule has 1 heterocycles. The summed E-state index contributed by atoms with van der Waals surface area (Å²) in [6.45, 7) is 2.65. The molecule has 0 saturated heterocycles. The summed E-state index contributed by atoms with van der Waals surface area (Å²) in [5.74, 6) is 0.0181. The number of carbonyl (C=O) groups excluding carboxylic acids is 1. The van der Waals surface area contributed by atoms with Crippen molar-refractivity contribution in [2.24, 2.45) is 0 Å². The minimum absolute atomic E-state index is 0.0181. The largest absolute Gasteiger partial charge is 0.360 e. The maximum atomic E-state index is 12.4. The predicted octanol–water partition coefficient (Wildman–Crippen LogP) is 2.03. The predicted molar refractivity (Wildman–Crippen MR) is 40.9 cm³/mol. The van der Waals surface area contributed by atoms with Crippen LogP contribution in [0.15, 0.2) is 10.6 Å². The van der Waals surface area contributed by atoms with Gasteiger partial charge in [0.15, 0.2) is 6.29 Å². The number of hydrogen-bond acceptors (Lipinski definition) is 3. The number of carbonyl (C=O) groups is 1. The molecule has 0 aliphatic heterocycles. The first-order valence-corrected chi connectivity index (χ1v) is 3.69. The average molecular weight is 189 g/mol. The number of nitrogens with zero attached hydrogens (tertiary/aromatic N) is 1. The number of rotatable bonds is 3. The van der Waals surface area contributed by atoms with Crippen LogP contribution in [0.1, 0.15) is 30.1 Å². The van der Waals surface area contributed by atoms with Gasteiger partial charge in [0.25, 0.3) is 6.43 Å². The Hall–Kier alpha value is -1.26. The fourth-order valence-corrected chi connectivity index (χ4v) is 0.756. The molecule has 0 radical (unpaired) electrons. The van der Waals surface area contributed by atoms with E-state index in [1.54, 1.807) is 0 Å². The van der Waals surface area contributed by atoms with Gasteiger partial charge in [0.05, 0.1) is 5.41 Å². The van der Waals surface area contributed by atoms with Crippen molar-refractivity contribution in [3.05, 3.63) is 17.5 Å². The molecule has 3 nitrogen and oxygen atoms in total. The Bertz CT molecular complexity index is 307. The first-order valence-electron chi connectivity index (χ1n) is 3.69. The van der Waals surface area contributed by atoms with E-state index >= 15 is 0 Å². The van der Waals surface area contributed by atoms with Crippen LogP contribution in [0.4, 0.5) is 8.78 Å². The van der Waals surface area contributed by atoms with E-state index in [2.05, 4.69) is 9.68 Å². The zero-order valence-corrected chi connectivity index (χ0v) is 7.25. The molecule has 0 amide bonds. The molecule has 1 aromatic rings. The Morgan fingerprint density at radius 1 is 1.62 bits per heavy atom. The molecule has 5 heteroatoms. The number of alkyl halides is 2. The third-order valence-electron chi connectivity index (χ3n) is 1.83. The van der Waals surface area contributed by atoms with Crippen molar-refractivity contribution in [3.63, 3.8) is 0 Å². The molecule has 0 fully saturated rings. The third-order valence-corrected chi connectivity index (χ3v) is 1.83. The highest BCUT2D eigenvalue weighted by Gasteiger charge is 2.35. The molecule has 0 aromatic carbocycles. The maximum absolute atomic E-state index is 12.4. The molecule has 1 rings (SSSR count). The van der Waals surface area contributed by atoms with E-state index in [1.807, 2.05) is 0 Å². The van der Waals surface area contributed by atoms with Gasteiger partial charge in [0, 0.05) is 6.07 Å². The van der Waals surface area contributed by atoms with Crippen LogP contribution in [-0.4, -0.2) is 17.9 Å². The van der Waals surface area contributed by atoms with E-state index in [1.165, 1.54) is 19.9 Å². The lowest BCUT2D eigenvalue weighted by atomic mass is 9.91. The summed E-state index contributed by atoms with van der Waals surface area (Å²) in [4.78, 5) is 10.2. The van der Waals surface area contributed by atoms with E-state index < -0.39 is 11.8 Å². The van der Waals surface area contributed by atoms with Gasteiger partial charge in [0.2, 0.25) is 0 Å². The molecule has 1 aromatic heterocycles. The van der Waals surface area contributed by atoms with Crippen LogP contribution in [0.3, 0.4) is 0 Å². The summed E-state index contributed by atoms with van der Waals surface area (Å²) in [6, 6.07) is 1.22. The summed E-state index contributed by atoms with van der Waals surface area (Å²) < 4.78 is 29.5. The van der Waals surface area contributed by atoms with E-state index in [9.17, 15) is 13.6 Å². The van der Waals surface area contributed by atoms with Crippen molar-refractivity contribution < 1.29 is 18.1 Å². The van der Waals surface area contributed by atoms with Gasteiger partial charge in [-0.25, -0.2) is 8.78 Å². The first kappa shape index (κ1) is 9.83. The van der Waals surface area contributed by atoms with Crippen LogP contribution < -0.4 is 0 Å². The minimum atomic E-state index is -2.56. The Balaban J connectivity index is 3.00. The zero-order chi connectivity index (χ0) is 10.1. The number of aldehydes is 1. The lowest BCUT2D eigenvalue weighted by Gasteiger charge is -2.18. The SMILES string of the molecule is CC(C)(c1cc(C=O)no1)C(F)F. The fourth-order valence-electron chi connectivity index (χ4n) is 0.756. The van der Waals surface area contributed by atoms with Crippen LogP contribution >= 0.6 is 0 Å². The van der Waals surface area contributed by atoms with Crippen LogP contribution in [0.5, 0.6) is 0 Å². The maximum Gasteiger partial charge on any atom is 0.250 e. The minimum Gasteiger partial charge on any atom is -0.360 e. The van der Waals surface area contributed by atoms with Crippen LogP contribution in [0.2, 0.25) is 0 Å². The van der Waals surface area contributed by atoms with Gasteiger partial charge in [-0.15, -0.1) is 0 Å². The quantitative estimate of drug-likeness (QED) is 0.683. The van der Waals surface area contributed by atoms with E-state index in [0.717, 1.165) is 0 Å². The molecule has 0 aliphatic rings. The second-order valence-electron chi connectivity index (χ2n) is 3.26. The van der Waals surface area contributed by atoms with E-state index in [0.29, 0.717) is 6.29 Å². The number of halogens is 2. The number of hydrogen-bond donors (Lipinski definition) is 0. The van der Waals surface area contributed by atoms with Gasteiger partial charge >= 0.3 is 0 Å². The third kappa shape index (κ3) is 1.74. The topological polar surface area (TPSA) is 43.1 Å². The fraction of sp³-hybridized carbons (Fsp3) is 0.500. The highest BCUT2D eigenvalue weighted by molar-refractivity contribution is 5.71. The molecule has 0 unspecified atom stereocenters. The van der Waals surface area contributed by atoms with E-state index in [4.69, 9.17) is 0 Å². The molecule has 0 aliphatic carbocycles. The van der Waals surface area contributed by atoms with Crippen LogP contribution in [0, 0.1) is 0 Å². The van der Waals surface area contributed by atoms with Gasteiger partial charge in [-0.2, -0.15) is 0 Å². The molecule has 0 N–H and O–H groups in total. The van der Waals surface area contributed by atoms with Crippen molar-refractivity contribution in [3.8, 4) is 0 Å². The van der Waals surface area contributed by atoms with Crippen molar-refractivity contribution in [2.75, 3.05) is 0 Å². The Kier molecular flexibility index (Phi) is 2.45. The van der Waals surface area contributed by atoms with Crippen molar-refractivity contribution in [1.82, 2.24) is 5.16 Å². The molecule has 0 atom stereocenters. The molecule has 0 saturated carbocycles. The second kappa shape index (κ2) is 3.24. The van der Waals surface area contributed by atoms with Gasteiger partial charge < -0.3 is 4.52 Å². The van der Waals surface area contributed by atoms with Gasteiger partial charge in [-0.3, -0.25) is 4.79 Å². The lowest BCUT2D eigenvalue weighted by Crippen LogP contribution is -2.26. The Morgan fingerprint density at radius 3 is 2.62 bits per heavy atom. The van der Waals surface area contributed by atoms with Gasteiger partial charge in [0.1, 0.15) is 11.5 Å². The van der Waals surface area contributed by atoms with Crippen LogP contribution in [0.25, 0.3) is 0 Å². The lowest BCUT2D eigenvalue weighted by molar-refractivity contribution is 0.0536. The average Bonchev–Trinajstić information content (AvgIpc) is 2.51. The Morgan fingerprint density at radius 2 is 2.23 bits per heavy atom. The first-order chi connectivity index (χ1) is 5.98. The van der Waals surface area contributed by atoms with Crippen LogP contribution in [-0.2, 0) is 5.41 Å². The van der Waals surface area contributed by atoms with E-state index in [-0.39, 0.29) is 11.5 Å². The molecule has 13 heavy (non-hydrogen) atoms.